The fourth-order valence-corrected chi connectivity index (χ4v) is 3.87. The van der Waals surface area contributed by atoms with Crippen molar-refractivity contribution in [3.05, 3.63) is 12.2 Å². The zero-order valence-electron chi connectivity index (χ0n) is 14.0. The van der Waals surface area contributed by atoms with Crippen LogP contribution in [0.2, 0.25) is 0 Å². The zero-order valence-corrected chi connectivity index (χ0v) is 14.8. The van der Waals surface area contributed by atoms with E-state index in [-0.39, 0.29) is 24.1 Å². The maximum atomic E-state index is 6.23. The molecule has 130 valence electrons. The molecule has 1 saturated carbocycles. The van der Waals surface area contributed by atoms with Crippen LogP contribution in [0.4, 0.5) is 0 Å². The summed E-state index contributed by atoms with van der Waals surface area (Å²) in [7, 11) is 1.74. The minimum atomic E-state index is -0.294. The van der Waals surface area contributed by atoms with Gasteiger partial charge in [0.1, 0.15) is 6.10 Å². The summed E-state index contributed by atoms with van der Waals surface area (Å²) >= 11 is 1.50. The number of rotatable bonds is 3. The van der Waals surface area contributed by atoms with E-state index in [4.69, 9.17) is 18.9 Å². The van der Waals surface area contributed by atoms with E-state index < -0.39 is 0 Å². The second-order valence-corrected chi connectivity index (χ2v) is 7.12. The smallest absolute Gasteiger partial charge is 0.245 e. The summed E-state index contributed by atoms with van der Waals surface area (Å²) in [5.41, 5.74) is 0. The first kappa shape index (κ1) is 17.3. The molecule has 0 amide bonds. The number of ether oxygens (including phenoxy) is 4. The van der Waals surface area contributed by atoms with Gasteiger partial charge in [-0.3, -0.25) is 0 Å². The summed E-state index contributed by atoms with van der Waals surface area (Å²) in [4.78, 5) is 4.08. The van der Waals surface area contributed by atoms with Gasteiger partial charge in [-0.2, -0.15) is 0 Å². The highest BCUT2D eigenvalue weighted by atomic mass is 32.2. The predicted octanol–water partition coefficient (Wildman–Crippen LogP) is 3.14. The first-order valence-electron chi connectivity index (χ1n) is 8.52. The Morgan fingerprint density at radius 1 is 1.26 bits per heavy atom. The molecule has 0 N–H and O–H groups in total. The van der Waals surface area contributed by atoms with Crippen LogP contribution in [0.15, 0.2) is 17.1 Å². The van der Waals surface area contributed by atoms with E-state index in [1.165, 1.54) is 31.0 Å². The molecule has 3 rings (SSSR count). The van der Waals surface area contributed by atoms with Crippen molar-refractivity contribution in [2.45, 2.75) is 62.6 Å². The molecule has 1 aliphatic carbocycles. The molecular weight excluding hydrogens is 314 g/mol. The van der Waals surface area contributed by atoms with Gasteiger partial charge in [0.25, 0.3) is 0 Å². The Labute approximate surface area is 142 Å². The van der Waals surface area contributed by atoms with E-state index in [0.717, 1.165) is 19.3 Å². The third-order valence-corrected chi connectivity index (χ3v) is 5.28. The fraction of sp³-hybridized carbons (Fsp3) is 0.824. The molecule has 2 fully saturated rings. The molecule has 6 heteroatoms. The lowest BCUT2D eigenvalue weighted by Crippen LogP contribution is -2.34. The summed E-state index contributed by atoms with van der Waals surface area (Å²) in [5, 5.41) is 0.688. The van der Waals surface area contributed by atoms with Crippen molar-refractivity contribution in [1.82, 2.24) is 0 Å². The van der Waals surface area contributed by atoms with Crippen LogP contribution in [0.3, 0.4) is 0 Å². The molecule has 1 saturated heterocycles. The van der Waals surface area contributed by atoms with Gasteiger partial charge in [-0.15, -0.1) is 0 Å². The van der Waals surface area contributed by atoms with Crippen LogP contribution in [0, 0.1) is 0 Å². The summed E-state index contributed by atoms with van der Waals surface area (Å²) in [6.07, 6.45) is 12.9. The van der Waals surface area contributed by atoms with Crippen LogP contribution >= 0.6 is 11.8 Å². The molecule has 23 heavy (non-hydrogen) atoms. The van der Waals surface area contributed by atoms with Crippen molar-refractivity contribution >= 4 is 17.0 Å². The standard InChI is InChI=1S/C17H27NO4S/c1-18-16(23-2)21-14-7-6-13(19-11-14)10-15-12-20-17(22-15)8-4-3-5-9-17/h6-7,13-15H,3-5,8-12H2,1-2H3/t13-,14-,15-/m0/s1. The Morgan fingerprint density at radius 2 is 2.09 bits per heavy atom. The molecule has 3 aliphatic rings. The molecular formula is C17H27NO4S. The lowest BCUT2D eigenvalue weighted by molar-refractivity contribution is -0.189. The van der Waals surface area contributed by atoms with E-state index in [0.29, 0.717) is 18.4 Å². The van der Waals surface area contributed by atoms with E-state index in [9.17, 15) is 0 Å². The van der Waals surface area contributed by atoms with Crippen molar-refractivity contribution in [3.63, 3.8) is 0 Å². The lowest BCUT2D eigenvalue weighted by Gasteiger charge is -2.32. The Kier molecular flexibility index (Phi) is 6.01. The normalized spacial score (nSPS) is 34.0. The monoisotopic (exact) mass is 341 g/mol. The first-order chi connectivity index (χ1) is 11.2. The molecule has 3 atom stereocenters. The molecule has 5 nitrogen and oxygen atoms in total. The molecule has 0 bridgehead atoms. The molecule has 2 heterocycles. The Morgan fingerprint density at radius 3 is 2.74 bits per heavy atom. The van der Waals surface area contributed by atoms with Gasteiger partial charge >= 0.3 is 0 Å². The molecule has 0 aromatic carbocycles. The third-order valence-electron chi connectivity index (χ3n) is 4.65. The predicted molar refractivity (Wildman–Crippen MR) is 91.9 cm³/mol. The molecule has 0 radical (unpaired) electrons. The van der Waals surface area contributed by atoms with Crippen LogP contribution in [0.1, 0.15) is 38.5 Å². The van der Waals surface area contributed by atoms with Crippen LogP contribution in [0.25, 0.3) is 0 Å². The zero-order chi connectivity index (χ0) is 16.1. The number of hydrogen-bond acceptors (Lipinski definition) is 6. The van der Waals surface area contributed by atoms with Crippen molar-refractivity contribution in [2.75, 3.05) is 26.5 Å². The number of hydrogen-bond donors (Lipinski definition) is 0. The van der Waals surface area contributed by atoms with Crippen molar-refractivity contribution in [1.29, 1.82) is 0 Å². The molecule has 0 aromatic rings. The molecule has 2 aliphatic heterocycles. The minimum absolute atomic E-state index is 0.0529. The van der Waals surface area contributed by atoms with E-state index in [1.807, 2.05) is 6.26 Å². The van der Waals surface area contributed by atoms with Crippen molar-refractivity contribution < 1.29 is 18.9 Å². The maximum absolute atomic E-state index is 6.23. The Hall–Kier alpha value is -0.560. The molecule has 0 unspecified atom stereocenters. The molecule has 0 aromatic heterocycles. The van der Waals surface area contributed by atoms with Crippen molar-refractivity contribution in [2.24, 2.45) is 4.99 Å². The van der Waals surface area contributed by atoms with E-state index >= 15 is 0 Å². The van der Waals surface area contributed by atoms with Gasteiger partial charge in [-0.05, 0) is 25.2 Å². The number of nitrogens with zero attached hydrogens (tertiary/aromatic N) is 1. The molecule has 1 spiro atoms. The Balaban J connectivity index is 1.45. The van der Waals surface area contributed by atoms with Gasteiger partial charge in [0, 0.05) is 26.3 Å². The average Bonchev–Trinajstić information content (AvgIpc) is 2.97. The minimum Gasteiger partial charge on any atom is -0.463 e. The lowest BCUT2D eigenvalue weighted by atomic mass is 9.94. The fourth-order valence-electron chi connectivity index (χ4n) is 3.46. The highest BCUT2D eigenvalue weighted by molar-refractivity contribution is 8.12. The van der Waals surface area contributed by atoms with Gasteiger partial charge < -0.3 is 18.9 Å². The van der Waals surface area contributed by atoms with Crippen molar-refractivity contribution in [3.8, 4) is 0 Å². The van der Waals surface area contributed by atoms with Crippen LogP contribution in [0.5, 0.6) is 0 Å². The topological polar surface area (TPSA) is 49.3 Å². The summed E-state index contributed by atoms with van der Waals surface area (Å²) in [6, 6.07) is 0. The number of aliphatic imine (C=N–C) groups is 1. The van der Waals surface area contributed by atoms with Gasteiger partial charge in [-0.25, -0.2) is 4.99 Å². The van der Waals surface area contributed by atoms with Crippen LogP contribution in [-0.4, -0.2) is 55.8 Å². The maximum Gasteiger partial charge on any atom is 0.245 e. The number of thioether (sulfide) groups is 1. The van der Waals surface area contributed by atoms with Crippen LogP contribution in [-0.2, 0) is 18.9 Å². The largest absolute Gasteiger partial charge is 0.463 e. The third kappa shape index (κ3) is 4.50. The highest BCUT2D eigenvalue weighted by Crippen LogP contribution is 2.38. The summed E-state index contributed by atoms with van der Waals surface area (Å²) < 4.78 is 23.9. The average molecular weight is 341 g/mol. The second kappa shape index (κ2) is 8.01. The van der Waals surface area contributed by atoms with E-state index in [2.05, 4.69) is 17.1 Å². The second-order valence-electron chi connectivity index (χ2n) is 6.36. The quantitative estimate of drug-likeness (QED) is 0.448. The van der Waals surface area contributed by atoms with E-state index in [1.54, 1.807) is 7.05 Å². The highest BCUT2D eigenvalue weighted by Gasteiger charge is 2.42. The van der Waals surface area contributed by atoms with Gasteiger partial charge in [0.15, 0.2) is 5.79 Å². The Bertz CT molecular complexity index is 448. The van der Waals surface area contributed by atoms with Gasteiger partial charge in [-0.1, -0.05) is 24.3 Å². The first-order valence-corrected chi connectivity index (χ1v) is 9.74. The SMILES string of the molecule is CN=C(O[C@H]1C=C[C@@H](C[C@H]2COC3(CCCCC3)O2)OC1)SC. The summed E-state index contributed by atoms with van der Waals surface area (Å²) in [5.74, 6) is -0.294. The van der Waals surface area contributed by atoms with Crippen LogP contribution < -0.4 is 0 Å². The van der Waals surface area contributed by atoms with Gasteiger partial charge in [0.05, 0.1) is 25.4 Å². The summed E-state index contributed by atoms with van der Waals surface area (Å²) in [6.45, 7) is 1.24. The van der Waals surface area contributed by atoms with Gasteiger partial charge in [0.2, 0.25) is 5.23 Å².